The molecule has 2 fully saturated rings. The van der Waals surface area contributed by atoms with Crippen LogP contribution in [-0.4, -0.2) is 24.3 Å². The number of benzene rings is 1. The summed E-state index contributed by atoms with van der Waals surface area (Å²) >= 11 is 0. The van der Waals surface area contributed by atoms with Crippen molar-refractivity contribution >= 4 is 23.2 Å². The summed E-state index contributed by atoms with van der Waals surface area (Å²) in [6.07, 6.45) is 0.955. The number of Topliss-reactive ketones (excluding diaryl/α,β-unsaturated/α-hetero) is 2. The molecule has 24 heavy (non-hydrogen) atoms. The number of nitrogens with one attached hydrogen (secondary N) is 1. The molecule has 2 atom stereocenters. The molecule has 4 rings (SSSR count). The van der Waals surface area contributed by atoms with Gasteiger partial charge in [-0.1, -0.05) is 20.8 Å². The van der Waals surface area contributed by atoms with Crippen molar-refractivity contribution in [3.63, 3.8) is 0 Å². The van der Waals surface area contributed by atoms with Gasteiger partial charge >= 0.3 is 0 Å². The summed E-state index contributed by atoms with van der Waals surface area (Å²) in [5.74, 6) is -0.216. The van der Waals surface area contributed by atoms with Crippen LogP contribution in [0.3, 0.4) is 0 Å². The number of hydrogen-bond acceptors (Lipinski definition) is 5. The highest BCUT2D eigenvalue weighted by Gasteiger charge is 2.77. The van der Waals surface area contributed by atoms with Crippen LogP contribution >= 0.6 is 0 Å². The van der Waals surface area contributed by atoms with Gasteiger partial charge in [0.1, 0.15) is 5.41 Å². The highest BCUT2D eigenvalue weighted by Crippen LogP contribution is 2.69. The van der Waals surface area contributed by atoms with Crippen LogP contribution in [0.15, 0.2) is 18.2 Å². The van der Waals surface area contributed by atoms with Gasteiger partial charge in [0, 0.05) is 17.2 Å². The summed E-state index contributed by atoms with van der Waals surface area (Å²) in [6, 6.07) is 5.07. The molecule has 6 heteroatoms. The van der Waals surface area contributed by atoms with E-state index in [9.17, 15) is 14.4 Å². The minimum absolute atomic E-state index is 0.148. The number of carbonyl (C=O) groups is 3. The third kappa shape index (κ3) is 1.49. The normalized spacial score (nSPS) is 32.3. The number of ether oxygens (including phenoxy) is 2. The molecule has 1 aromatic rings. The molecule has 1 amide bonds. The Kier molecular flexibility index (Phi) is 2.77. The van der Waals surface area contributed by atoms with Crippen LogP contribution in [0.2, 0.25) is 0 Å². The zero-order valence-electron chi connectivity index (χ0n) is 13.9. The SMILES string of the molecule is CC12CCC(C(=O)Nc3ccc4c(c3)OCO4)(C(=O)C1=O)C2(C)C. The summed E-state index contributed by atoms with van der Waals surface area (Å²) in [6.45, 7) is 5.65. The molecule has 0 spiro atoms. The molecule has 1 N–H and O–H groups in total. The molecule has 1 heterocycles. The average molecular weight is 329 g/mol. The van der Waals surface area contributed by atoms with Gasteiger partial charge in [0.25, 0.3) is 0 Å². The summed E-state index contributed by atoms with van der Waals surface area (Å²) in [5, 5.41) is 2.81. The van der Waals surface area contributed by atoms with Gasteiger partial charge < -0.3 is 14.8 Å². The Morgan fingerprint density at radius 3 is 2.42 bits per heavy atom. The lowest BCUT2D eigenvalue weighted by atomic mass is 9.64. The zero-order chi connectivity index (χ0) is 17.3. The predicted molar refractivity (Wildman–Crippen MR) is 84.8 cm³/mol. The first-order valence-corrected chi connectivity index (χ1v) is 8.04. The Morgan fingerprint density at radius 2 is 1.75 bits per heavy atom. The largest absolute Gasteiger partial charge is 0.454 e. The fourth-order valence-electron chi connectivity index (χ4n) is 4.49. The van der Waals surface area contributed by atoms with Gasteiger partial charge in [-0.05, 0) is 30.4 Å². The molecule has 1 aliphatic heterocycles. The van der Waals surface area contributed by atoms with Gasteiger partial charge in [-0.2, -0.15) is 0 Å². The first-order valence-electron chi connectivity index (χ1n) is 8.04. The maximum absolute atomic E-state index is 13.1. The Bertz CT molecular complexity index is 799. The minimum atomic E-state index is -1.30. The van der Waals surface area contributed by atoms with Crippen LogP contribution in [0, 0.1) is 16.2 Å². The predicted octanol–water partition coefficient (Wildman–Crippen LogP) is 2.32. The minimum Gasteiger partial charge on any atom is -0.454 e. The van der Waals surface area contributed by atoms with E-state index in [1.165, 1.54) is 0 Å². The third-order valence-electron chi connectivity index (χ3n) is 6.56. The number of amides is 1. The number of ketones is 2. The summed E-state index contributed by atoms with van der Waals surface area (Å²) < 4.78 is 10.6. The maximum Gasteiger partial charge on any atom is 0.239 e. The fraction of sp³-hybridized carbons (Fsp3) is 0.500. The van der Waals surface area contributed by atoms with Crippen LogP contribution in [0.4, 0.5) is 5.69 Å². The van der Waals surface area contributed by atoms with E-state index in [0.29, 0.717) is 30.0 Å². The quantitative estimate of drug-likeness (QED) is 0.665. The van der Waals surface area contributed by atoms with E-state index in [-0.39, 0.29) is 6.79 Å². The molecule has 2 aliphatic carbocycles. The van der Waals surface area contributed by atoms with E-state index in [1.54, 1.807) is 25.1 Å². The van der Waals surface area contributed by atoms with Gasteiger partial charge in [0.05, 0.1) is 0 Å². The van der Waals surface area contributed by atoms with Gasteiger partial charge in [-0.25, -0.2) is 0 Å². The number of hydrogen-bond donors (Lipinski definition) is 1. The molecule has 3 aliphatic rings. The van der Waals surface area contributed by atoms with Crippen LogP contribution in [0.25, 0.3) is 0 Å². The van der Waals surface area contributed by atoms with E-state index >= 15 is 0 Å². The highest BCUT2D eigenvalue weighted by molar-refractivity contribution is 6.49. The van der Waals surface area contributed by atoms with Crippen molar-refractivity contribution in [3.8, 4) is 11.5 Å². The lowest BCUT2D eigenvalue weighted by Gasteiger charge is -2.37. The Labute approximate surface area is 139 Å². The van der Waals surface area contributed by atoms with E-state index in [2.05, 4.69) is 5.32 Å². The third-order valence-corrected chi connectivity index (χ3v) is 6.56. The first kappa shape index (κ1) is 15.2. The molecular weight excluding hydrogens is 310 g/mol. The molecule has 2 saturated carbocycles. The summed E-state index contributed by atoms with van der Waals surface area (Å²) in [7, 11) is 0. The van der Waals surface area contributed by atoms with E-state index < -0.39 is 33.7 Å². The highest BCUT2D eigenvalue weighted by atomic mass is 16.7. The zero-order valence-corrected chi connectivity index (χ0v) is 13.9. The first-order chi connectivity index (χ1) is 11.2. The molecule has 0 radical (unpaired) electrons. The molecule has 0 aromatic heterocycles. The number of rotatable bonds is 2. The fourth-order valence-corrected chi connectivity index (χ4v) is 4.49. The molecule has 1 aromatic carbocycles. The van der Waals surface area contributed by atoms with Crippen molar-refractivity contribution in [1.82, 2.24) is 0 Å². The van der Waals surface area contributed by atoms with Crippen LogP contribution in [-0.2, 0) is 14.4 Å². The van der Waals surface area contributed by atoms with Crippen molar-refractivity contribution in [2.24, 2.45) is 16.2 Å². The lowest BCUT2D eigenvalue weighted by molar-refractivity contribution is -0.147. The second-order valence-corrected chi connectivity index (χ2v) is 7.54. The van der Waals surface area contributed by atoms with Gasteiger partial charge in [0.2, 0.25) is 24.3 Å². The summed E-state index contributed by atoms with van der Waals surface area (Å²) in [5.41, 5.74) is -2.25. The molecular formula is C18H19NO5. The topological polar surface area (TPSA) is 81.7 Å². The van der Waals surface area contributed by atoms with Crippen LogP contribution in [0.5, 0.6) is 11.5 Å². The molecule has 2 bridgehead atoms. The number of anilines is 1. The van der Waals surface area contributed by atoms with Gasteiger partial charge in [0.15, 0.2) is 11.5 Å². The number of carbonyl (C=O) groups excluding carboxylic acids is 3. The molecule has 6 nitrogen and oxygen atoms in total. The van der Waals surface area contributed by atoms with Gasteiger partial charge in [-0.15, -0.1) is 0 Å². The van der Waals surface area contributed by atoms with Crippen molar-refractivity contribution in [2.75, 3.05) is 12.1 Å². The Morgan fingerprint density at radius 1 is 1.04 bits per heavy atom. The number of fused-ring (bicyclic) bond motifs is 3. The second kappa shape index (κ2) is 4.37. The Hall–Kier alpha value is -2.37. The van der Waals surface area contributed by atoms with E-state index in [1.807, 2.05) is 13.8 Å². The van der Waals surface area contributed by atoms with Crippen molar-refractivity contribution < 1.29 is 23.9 Å². The van der Waals surface area contributed by atoms with Crippen LogP contribution < -0.4 is 14.8 Å². The molecule has 0 saturated heterocycles. The van der Waals surface area contributed by atoms with Crippen molar-refractivity contribution in [3.05, 3.63) is 18.2 Å². The smallest absolute Gasteiger partial charge is 0.239 e. The van der Waals surface area contributed by atoms with E-state index in [0.717, 1.165) is 0 Å². The second-order valence-electron chi connectivity index (χ2n) is 7.54. The average Bonchev–Trinajstić information content (AvgIpc) is 3.10. The van der Waals surface area contributed by atoms with E-state index in [4.69, 9.17) is 9.47 Å². The maximum atomic E-state index is 13.1. The standard InChI is InChI=1S/C18H19NO5/c1-16(2)17(3)6-7-18(16,14(21)13(17)20)15(22)19-10-4-5-11-12(8-10)24-9-23-11/h4-5,8H,6-7,9H2,1-3H3,(H,19,22). The van der Waals surface area contributed by atoms with Crippen LogP contribution in [0.1, 0.15) is 33.6 Å². The Balaban J connectivity index is 1.69. The lowest BCUT2D eigenvalue weighted by Crippen LogP contribution is -2.47. The van der Waals surface area contributed by atoms with Crippen molar-refractivity contribution in [2.45, 2.75) is 33.6 Å². The monoisotopic (exact) mass is 329 g/mol. The summed E-state index contributed by atoms with van der Waals surface area (Å²) in [4.78, 5) is 38.2. The molecule has 2 unspecified atom stereocenters. The van der Waals surface area contributed by atoms with Gasteiger partial charge in [-0.3, -0.25) is 14.4 Å². The van der Waals surface area contributed by atoms with Crippen molar-refractivity contribution in [1.29, 1.82) is 0 Å². The molecule has 126 valence electrons.